The third kappa shape index (κ3) is 6.16. The molecule has 0 aliphatic rings. The smallest absolute Gasteiger partial charge is 0.115 e. The molecule has 0 bridgehead atoms. The van der Waals surface area contributed by atoms with E-state index >= 15 is 0 Å². The molecule has 17 heavy (non-hydrogen) atoms. The number of halogens is 3. The highest BCUT2D eigenvalue weighted by Gasteiger charge is 2.06. The molecule has 0 aliphatic heterocycles. The second-order valence-corrected chi connectivity index (χ2v) is 5.42. The van der Waals surface area contributed by atoms with Crippen LogP contribution in [0.1, 0.15) is 13.8 Å². The van der Waals surface area contributed by atoms with E-state index < -0.39 is 0 Å². The molecule has 2 nitrogen and oxygen atoms in total. The predicted molar refractivity (Wildman–Crippen MR) is 71.9 cm³/mol. The van der Waals surface area contributed by atoms with Crippen molar-refractivity contribution in [3.05, 3.63) is 22.3 Å². The van der Waals surface area contributed by atoms with Crippen molar-refractivity contribution in [2.45, 2.75) is 18.9 Å². The van der Waals surface area contributed by atoms with E-state index in [0.29, 0.717) is 10.0 Å². The van der Waals surface area contributed by atoms with Crippen molar-refractivity contribution in [3.8, 4) is 0 Å². The Hall–Kier alpha value is 0.330. The van der Waals surface area contributed by atoms with Gasteiger partial charge in [0.05, 0.1) is 29.7 Å². The molecule has 0 radical (unpaired) electrons. The van der Waals surface area contributed by atoms with Crippen LogP contribution in [0.25, 0.3) is 0 Å². The van der Waals surface area contributed by atoms with Crippen LogP contribution in [0.5, 0.6) is 0 Å². The molecule has 1 aromatic rings. The van der Waals surface area contributed by atoms with Gasteiger partial charge in [-0.05, 0) is 19.9 Å². The van der Waals surface area contributed by atoms with Crippen molar-refractivity contribution in [2.75, 3.05) is 25.4 Å². The summed E-state index contributed by atoms with van der Waals surface area (Å²) in [4.78, 5) is 5.81. The fourth-order valence-corrected chi connectivity index (χ4v) is 2.86. The van der Waals surface area contributed by atoms with Gasteiger partial charge in [0.25, 0.3) is 0 Å². The summed E-state index contributed by atoms with van der Waals surface area (Å²) < 4.78 is 0. The van der Waals surface area contributed by atoms with Crippen LogP contribution in [0.2, 0.25) is 10.0 Å². The molecular weight excluding hydrogens is 299 g/mol. The Bertz CT molecular complexity index is 332. The summed E-state index contributed by atoms with van der Waals surface area (Å²) in [6.07, 6.45) is 1.64. The first-order chi connectivity index (χ1) is 7.67. The van der Waals surface area contributed by atoms with Gasteiger partial charge in [-0.15, -0.1) is 0 Å². The maximum atomic E-state index is 6.04. The first-order valence-corrected chi connectivity index (χ1v) is 7.18. The molecule has 0 aromatic carbocycles. The average Bonchev–Trinajstić information content (AvgIpc) is 2.27. The molecule has 6 heteroatoms. The van der Waals surface area contributed by atoms with Gasteiger partial charge in [-0.25, -0.2) is 4.98 Å². The summed E-state index contributed by atoms with van der Waals surface area (Å²) in [5, 5.41) is 2.10. The van der Waals surface area contributed by atoms with Crippen molar-refractivity contribution in [2.24, 2.45) is 0 Å². The number of hydrogen-bond donors (Lipinski definition) is 1. The molecule has 0 spiro atoms. The summed E-state index contributed by atoms with van der Waals surface area (Å²) in [6, 6.07) is 1.74. The van der Waals surface area contributed by atoms with Crippen molar-refractivity contribution in [3.63, 3.8) is 0 Å². The minimum absolute atomic E-state index is 0. The molecular formula is C11H17Cl3N2S. The third-order valence-electron chi connectivity index (χ3n) is 2.47. The standard InChI is InChI=1S/C11H16Cl2N2S.ClH/c1-3-15(4-2)5-6-16-11-10(13)7-9(12)8-14-11;/h7-8H,3-6H2,1-2H3;1H. The predicted octanol–water partition coefficient (Wildman–Crippen LogP) is -0.591. The van der Waals surface area contributed by atoms with Gasteiger partial charge in [-0.3, -0.25) is 0 Å². The van der Waals surface area contributed by atoms with Gasteiger partial charge < -0.3 is 17.3 Å². The van der Waals surface area contributed by atoms with E-state index in [4.69, 9.17) is 23.2 Å². The van der Waals surface area contributed by atoms with Crippen LogP contribution < -0.4 is 17.3 Å². The highest BCUT2D eigenvalue weighted by atomic mass is 35.5. The minimum Gasteiger partial charge on any atom is -1.00 e. The van der Waals surface area contributed by atoms with E-state index in [9.17, 15) is 0 Å². The number of rotatable bonds is 6. The summed E-state index contributed by atoms with van der Waals surface area (Å²) in [7, 11) is 0. The summed E-state index contributed by atoms with van der Waals surface area (Å²) >= 11 is 13.5. The van der Waals surface area contributed by atoms with E-state index in [1.165, 1.54) is 13.1 Å². The van der Waals surface area contributed by atoms with Gasteiger partial charge in [-0.2, -0.15) is 0 Å². The second-order valence-electron chi connectivity index (χ2n) is 3.50. The number of nitrogens with one attached hydrogen (secondary N) is 1. The molecule has 0 fully saturated rings. The van der Waals surface area contributed by atoms with Crippen LogP contribution in [0, 0.1) is 0 Å². The van der Waals surface area contributed by atoms with Crippen LogP contribution in [0.15, 0.2) is 17.3 Å². The van der Waals surface area contributed by atoms with Crippen molar-refractivity contribution in [1.29, 1.82) is 0 Å². The van der Waals surface area contributed by atoms with Gasteiger partial charge in [0.1, 0.15) is 5.03 Å². The largest absolute Gasteiger partial charge is 1.00 e. The summed E-state index contributed by atoms with van der Waals surface area (Å²) in [5.74, 6) is 1.03. The Morgan fingerprint density at radius 2 is 1.94 bits per heavy atom. The third-order valence-corrected chi connectivity index (χ3v) is 4.08. The monoisotopic (exact) mass is 314 g/mol. The zero-order valence-electron chi connectivity index (χ0n) is 9.97. The average molecular weight is 316 g/mol. The van der Waals surface area contributed by atoms with Crippen LogP contribution in [-0.4, -0.2) is 30.4 Å². The van der Waals surface area contributed by atoms with E-state index in [0.717, 1.165) is 17.3 Å². The molecule has 0 amide bonds. The molecule has 98 valence electrons. The molecule has 0 unspecified atom stereocenters. The fraction of sp³-hybridized carbons (Fsp3) is 0.545. The quantitative estimate of drug-likeness (QED) is 0.707. The first kappa shape index (κ1) is 17.3. The Morgan fingerprint density at radius 1 is 1.29 bits per heavy atom. The Morgan fingerprint density at radius 3 is 2.47 bits per heavy atom. The summed E-state index contributed by atoms with van der Waals surface area (Å²) in [5.41, 5.74) is 0. The van der Waals surface area contributed by atoms with Crippen LogP contribution in [0.4, 0.5) is 0 Å². The SMILES string of the molecule is CC[NH+](CC)CCSc1ncc(Cl)cc1Cl.[Cl-]. The lowest BCUT2D eigenvalue weighted by atomic mass is 10.5. The normalized spacial score (nSPS) is 10.4. The minimum atomic E-state index is 0. The maximum absolute atomic E-state index is 6.04. The Balaban J connectivity index is 0.00000256. The zero-order valence-corrected chi connectivity index (χ0v) is 13.1. The Labute approximate surface area is 123 Å². The molecule has 1 rings (SSSR count). The topological polar surface area (TPSA) is 17.3 Å². The summed E-state index contributed by atoms with van der Waals surface area (Å²) in [6.45, 7) is 7.88. The van der Waals surface area contributed by atoms with E-state index in [2.05, 4.69) is 18.8 Å². The maximum Gasteiger partial charge on any atom is 0.115 e. The van der Waals surface area contributed by atoms with Crippen LogP contribution in [-0.2, 0) is 0 Å². The molecule has 1 heterocycles. The number of thioether (sulfide) groups is 1. The van der Waals surface area contributed by atoms with Gasteiger partial charge >= 0.3 is 0 Å². The van der Waals surface area contributed by atoms with E-state index in [1.807, 2.05) is 0 Å². The Kier molecular flexibility index (Phi) is 9.47. The lowest BCUT2D eigenvalue weighted by molar-refractivity contribution is -0.893. The molecule has 0 aliphatic carbocycles. The highest BCUT2D eigenvalue weighted by molar-refractivity contribution is 7.99. The second kappa shape index (κ2) is 9.29. The number of pyridine rings is 1. The van der Waals surface area contributed by atoms with Gasteiger partial charge in [0.15, 0.2) is 0 Å². The number of aromatic nitrogens is 1. The van der Waals surface area contributed by atoms with E-state index in [1.54, 1.807) is 28.9 Å². The lowest BCUT2D eigenvalue weighted by Gasteiger charge is -2.14. The highest BCUT2D eigenvalue weighted by Crippen LogP contribution is 2.26. The lowest BCUT2D eigenvalue weighted by Crippen LogP contribution is -3.11. The van der Waals surface area contributed by atoms with Crippen molar-refractivity contribution >= 4 is 35.0 Å². The van der Waals surface area contributed by atoms with Crippen molar-refractivity contribution < 1.29 is 17.3 Å². The number of hydrogen-bond acceptors (Lipinski definition) is 2. The van der Waals surface area contributed by atoms with Gasteiger partial charge in [0, 0.05) is 11.9 Å². The number of nitrogens with zero attached hydrogens (tertiary/aromatic N) is 1. The first-order valence-electron chi connectivity index (χ1n) is 5.44. The molecule has 0 saturated heterocycles. The molecule has 1 aromatic heterocycles. The molecule has 0 atom stereocenters. The van der Waals surface area contributed by atoms with Gasteiger partial charge in [-0.1, -0.05) is 35.0 Å². The van der Waals surface area contributed by atoms with E-state index in [-0.39, 0.29) is 12.4 Å². The molecule has 1 N–H and O–H groups in total. The van der Waals surface area contributed by atoms with Gasteiger partial charge in [0.2, 0.25) is 0 Å². The zero-order chi connectivity index (χ0) is 12.0. The van der Waals surface area contributed by atoms with Crippen LogP contribution >= 0.6 is 35.0 Å². The fourth-order valence-electron chi connectivity index (χ4n) is 1.40. The van der Waals surface area contributed by atoms with Crippen LogP contribution in [0.3, 0.4) is 0 Å². The molecule has 0 saturated carbocycles. The number of quaternary nitrogens is 1. The van der Waals surface area contributed by atoms with Crippen molar-refractivity contribution in [1.82, 2.24) is 4.98 Å².